The van der Waals surface area contributed by atoms with Crippen molar-refractivity contribution in [2.45, 2.75) is 24.1 Å². The lowest BCUT2D eigenvalue weighted by molar-refractivity contribution is -0.139. The zero-order chi connectivity index (χ0) is 14.0. The van der Waals surface area contributed by atoms with Crippen molar-refractivity contribution in [1.29, 1.82) is 0 Å². The molecule has 102 valence electrons. The molecule has 0 aliphatic rings. The van der Waals surface area contributed by atoms with E-state index in [1.165, 1.54) is 13.0 Å². The maximum atomic E-state index is 12.6. The summed E-state index contributed by atoms with van der Waals surface area (Å²) in [4.78, 5) is -0.849. The molecule has 8 heteroatoms. The minimum Gasteiger partial charge on any atom is -0.392 e. The van der Waals surface area contributed by atoms with Crippen LogP contribution in [0, 0.1) is 0 Å². The lowest BCUT2D eigenvalue weighted by atomic mass is 10.2. The Kier molecular flexibility index (Phi) is 4.36. The molecule has 0 radical (unpaired) electrons. The Morgan fingerprint density at radius 2 is 1.89 bits per heavy atom. The van der Waals surface area contributed by atoms with Gasteiger partial charge >= 0.3 is 6.18 Å². The number of hydrogen-bond acceptors (Lipinski definition) is 3. The first-order chi connectivity index (χ1) is 8.14. The van der Waals surface area contributed by atoms with Gasteiger partial charge in [0.25, 0.3) is 0 Å². The van der Waals surface area contributed by atoms with Crippen LogP contribution >= 0.6 is 0 Å². The molecule has 0 heterocycles. The Morgan fingerprint density at radius 3 is 2.39 bits per heavy atom. The molecule has 18 heavy (non-hydrogen) atoms. The zero-order valence-electron chi connectivity index (χ0n) is 9.40. The molecule has 0 aromatic heterocycles. The van der Waals surface area contributed by atoms with E-state index in [1.807, 2.05) is 4.72 Å². The standard InChI is InChI=1S/C10H12F3NO3S/c1-7(15)6-14-18(16,17)9-5-3-2-4-8(9)10(11,12)13/h2-5,7,14-15H,6H2,1H3/t7-/m1/s1. The molecule has 0 spiro atoms. The number of rotatable bonds is 4. The van der Waals surface area contributed by atoms with E-state index in [1.54, 1.807) is 0 Å². The molecular weight excluding hydrogens is 271 g/mol. The quantitative estimate of drug-likeness (QED) is 0.877. The van der Waals surface area contributed by atoms with Crippen molar-refractivity contribution in [3.8, 4) is 0 Å². The average molecular weight is 283 g/mol. The molecule has 0 saturated heterocycles. The SMILES string of the molecule is C[C@@H](O)CNS(=O)(=O)c1ccccc1C(F)(F)F. The van der Waals surface area contributed by atoms with Gasteiger partial charge in [-0.3, -0.25) is 0 Å². The fourth-order valence-electron chi connectivity index (χ4n) is 1.24. The van der Waals surface area contributed by atoms with Gasteiger partial charge < -0.3 is 5.11 Å². The number of aliphatic hydroxyl groups excluding tert-OH is 1. The number of alkyl halides is 3. The molecule has 0 fully saturated rings. The van der Waals surface area contributed by atoms with Crippen LogP contribution in [0.5, 0.6) is 0 Å². The zero-order valence-corrected chi connectivity index (χ0v) is 10.2. The average Bonchev–Trinajstić information content (AvgIpc) is 2.25. The van der Waals surface area contributed by atoms with Crippen LogP contribution in [0.15, 0.2) is 29.2 Å². The summed E-state index contributed by atoms with van der Waals surface area (Å²) in [7, 11) is -4.30. The Bertz CT molecular complexity index is 511. The molecule has 1 atom stereocenters. The molecule has 0 bridgehead atoms. The molecular formula is C10H12F3NO3S. The van der Waals surface area contributed by atoms with Crippen LogP contribution in [0.2, 0.25) is 0 Å². The summed E-state index contributed by atoms with van der Waals surface area (Å²) >= 11 is 0. The Balaban J connectivity index is 3.17. The third-order valence-electron chi connectivity index (χ3n) is 2.05. The molecule has 4 nitrogen and oxygen atoms in total. The second-order valence-corrected chi connectivity index (χ2v) is 5.43. The van der Waals surface area contributed by atoms with Crippen LogP contribution < -0.4 is 4.72 Å². The normalized spacial score (nSPS) is 14.5. The minimum atomic E-state index is -4.75. The van der Waals surface area contributed by atoms with Crippen molar-refractivity contribution in [1.82, 2.24) is 4.72 Å². The number of nitrogens with one attached hydrogen (secondary N) is 1. The Labute approximate surface area is 102 Å². The van der Waals surface area contributed by atoms with E-state index in [-0.39, 0.29) is 6.54 Å². The van der Waals surface area contributed by atoms with Crippen LogP contribution in [0.4, 0.5) is 13.2 Å². The fourth-order valence-corrected chi connectivity index (χ4v) is 2.59. The molecule has 0 aliphatic heterocycles. The maximum absolute atomic E-state index is 12.6. The van der Waals surface area contributed by atoms with Crippen molar-refractivity contribution in [3.05, 3.63) is 29.8 Å². The number of hydrogen-bond donors (Lipinski definition) is 2. The maximum Gasteiger partial charge on any atom is 0.417 e. The van der Waals surface area contributed by atoms with Crippen molar-refractivity contribution in [2.24, 2.45) is 0 Å². The van der Waals surface area contributed by atoms with Gasteiger partial charge in [-0.25, -0.2) is 13.1 Å². The van der Waals surface area contributed by atoms with Crippen molar-refractivity contribution in [3.63, 3.8) is 0 Å². The Morgan fingerprint density at radius 1 is 1.33 bits per heavy atom. The molecule has 1 rings (SSSR count). The van der Waals surface area contributed by atoms with Gasteiger partial charge in [0.15, 0.2) is 0 Å². The molecule has 1 aromatic rings. The van der Waals surface area contributed by atoms with Crippen molar-refractivity contribution >= 4 is 10.0 Å². The van der Waals surface area contributed by atoms with E-state index < -0.39 is 32.8 Å². The van der Waals surface area contributed by atoms with Gasteiger partial charge in [-0.05, 0) is 19.1 Å². The summed E-state index contributed by atoms with van der Waals surface area (Å²) in [5.74, 6) is 0. The van der Waals surface area contributed by atoms with Gasteiger partial charge in [-0.2, -0.15) is 13.2 Å². The number of benzene rings is 1. The first-order valence-electron chi connectivity index (χ1n) is 4.98. The van der Waals surface area contributed by atoms with Crippen LogP contribution in [-0.4, -0.2) is 26.2 Å². The number of sulfonamides is 1. The molecule has 0 saturated carbocycles. The van der Waals surface area contributed by atoms with E-state index in [4.69, 9.17) is 5.11 Å². The molecule has 0 amide bonds. The van der Waals surface area contributed by atoms with Crippen LogP contribution in [0.3, 0.4) is 0 Å². The smallest absolute Gasteiger partial charge is 0.392 e. The topological polar surface area (TPSA) is 66.4 Å². The van der Waals surface area contributed by atoms with E-state index in [0.29, 0.717) is 6.07 Å². The molecule has 1 aromatic carbocycles. The van der Waals surface area contributed by atoms with Gasteiger partial charge in [0.2, 0.25) is 10.0 Å². The molecule has 0 unspecified atom stereocenters. The van der Waals surface area contributed by atoms with Gasteiger partial charge in [0, 0.05) is 6.54 Å². The number of halogens is 3. The van der Waals surface area contributed by atoms with Gasteiger partial charge in [-0.1, -0.05) is 12.1 Å². The van der Waals surface area contributed by atoms with Gasteiger partial charge in [0.1, 0.15) is 0 Å². The van der Waals surface area contributed by atoms with Gasteiger partial charge in [0.05, 0.1) is 16.6 Å². The van der Waals surface area contributed by atoms with Gasteiger partial charge in [-0.15, -0.1) is 0 Å². The predicted octanol–water partition coefficient (Wildman–Crippen LogP) is 1.36. The van der Waals surface area contributed by atoms with E-state index in [0.717, 1.165) is 12.1 Å². The highest BCUT2D eigenvalue weighted by Gasteiger charge is 2.36. The monoisotopic (exact) mass is 283 g/mol. The van der Waals surface area contributed by atoms with Crippen molar-refractivity contribution in [2.75, 3.05) is 6.54 Å². The van der Waals surface area contributed by atoms with Crippen LogP contribution in [-0.2, 0) is 16.2 Å². The highest BCUT2D eigenvalue weighted by molar-refractivity contribution is 7.89. The number of aliphatic hydroxyl groups is 1. The molecule has 2 N–H and O–H groups in total. The fraction of sp³-hybridized carbons (Fsp3) is 0.400. The second-order valence-electron chi connectivity index (χ2n) is 3.69. The second kappa shape index (κ2) is 5.25. The highest BCUT2D eigenvalue weighted by Crippen LogP contribution is 2.33. The summed E-state index contributed by atoms with van der Waals surface area (Å²) in [5, 5.41) is 8.94. The summed E-state index contributed by atoms with van der Waals surface area (Å²) < 4.78 is 63.2. The van der Waals surface area contributed by atoms with Crippen LogP contribution in [0.1, 0.15) is 12.5 Å². The van der Waals surface area contributed by atoms with E-state index in [9.17, 15) is 21.6 Å². The minimum absolute atomic E-state index is 0.353. The largest absolute Gasteiger partial charge is 0.417 e. The lowest BCUT2D eigenvalue weighted by Gasteiger charge is -2.14. The first kappa shape index (κ1) is 14.9. The first-order valence-corrected chi connectivity index (χ1v) is 6.47. The van der Waals surface area contributed by atoms with E-state index in [2.05, 4.69) is 0 Å². The van der Waals surface area contributed by atoms with Crippen molar-refractivity contribution < 1.29 is 26.7 Å². The van der Waals surface area contributed by atoms with Crippen LogP contribution in [0.25, 0.3) is 0 Å². The third-order valence-corrected chi connectivity index (χ3v) is 3.53. The summed E-state index contributed by atoms with van der Waals surface area (Å²) in [6, 6.07) is 3.87. The predicted molar refractivity (Wildman–Crippen MR) is 58.3 cm³/mol. The summed E-state index contributed by atoms with van der Waals surface area (Å²) in [6.45, 7) is 0.965. The lowest BCUT2D eigenvalue weighted by Crippen LogP contribution is -2.32. The third kappa shape index (κ3) is 3.69. The summed E-state index contributed by atoms with van der Waals surface area (Å²) in [6.07, 6.45) is -5.74. The molecule has 0 aliphatic carbocycles. The highest BCUT2D eigenvalue weighted by atomic mass is 32.2. The Hall–Kier alpha value is -1.12. The summed E-state index contributed by atoms with van der Waals surface area (Å²) in [5.41, 5.74) is -1.23. The van der Waals surface area contributed by atoms with E-state index >= 15 is 0 Å².